The monoisotopic (exact) mass is 428 g/mol. The molecule has 1 heterocycles. The number of H-pyrrole nitrogens is 1. The average molecular weight is 429 g/mol. The Morgan fingerprint density at radius 3 is 2.42 bits per heavy atom. The Morgan fingerprint density at radius 2 is 1.68 bits per heavy atom. The van der Waals surface area contributed by atoms with Gasteiger partial charge in [-0.15, -0.1) is 5.10 Å². The topological polar surface area (TPSA) is 70.7 Å². The number of aromatic nitrogens is 3. The highest BCUT2D eigenvalue weighted by Gasteiger charge is 2.19. The number of carbonyl (C=O) groups is 1. The first kappa shape index (κ1) is 20.9. The molecule has 2 N–H and O–H groups in total. The van der Waals surface area contributed by atoms with E-state index in [1.54, 1.807) is 0 Å². The number of nitrogens with zero attached hydrogens (tertiary/aromatic N) is 2. The van der Waals surface area contributed by atoms with Gasteiger partial charge in [0.1, 0.15) is 0 Å². The van der Waals surface area contributed by atoms with Crippen molar-refractivity contribution in [1.29, 1.82) is 0 Å². The predicted octanol–water partition coefficient (Wildman–Crippen LogP) is 5.82. The van der Waals surface area contributed by atoms with Gasteiger partial charge in [-0.3, -0.25) is 9.89 Å². The summed E-state index contributed by atoms with van der Waals surface area (Å²) in [4.78, 5) is 17.4. The zero-order valence-electron chi connectivity index (χ0n) is 17.5. The first-order valence-electron chi connectivity index (χ1n) is 10.3. The second-order valence-electron chi connectivity index (χ2n) is 7.18. The molecule has 4 rings (SSSR count). The van der Waals surface area contributed by atoms with Crippen molar-refractivity contribution < 1.29 is 4.79 Å². The number of nitrogens with one attached hydrogen (secondary N) is 2. The lowest BCUT2D eigenvalue weighted by molar-refractivity contribution is -0.115. The lowest BCUT2D eigenvalue weighted by Gasteiger charge is -2.14. The SMILES string of the molecule is CCc1ccc(-c2nc(S[C@H](C)C(=O)Nc3ccccc3-c3ccccc3)n[nH]2)cc1. The lowest BCUT2D eigenvalue weighted by Crippen LogP contribution is -2.22. The molecular weight excluding hydrogens is 404 g/mol. The third-order valence-electron chi connectivity index (χ3n) is 5.02. The summed E-state index contributed by atoms with van der Waals surface area (Å²) in [7, 11) is 0. The number of aryl methyl sites for hydroxylation is 1. The molecule has 0 saturated heterocycles. The van der Waals surface area contributed by atoms with Crippen LogP contribution in [0.3, 0.4) is 0 Å². The van der Waals surface area contributed by atoms with Crippen molar-refractivity contribution in [3.8, 4) is 22.5 Å². The smallest absolute Gasteiger partial charge is 0.237 e. The molecule has 156 valence electrons. The van der Waals surface area contributed by atoms with Crippen LogP contribution in [0.15, 0.2) is 84.0 Å². The Kier molecular flexibility index (Phi) is 6.48. The van der Waals surface area contributed by atoms with Crippen molar-refractivity contribution in [2.45, 2.75) is 30.7 Å². The van der Waals surface area contributed by atoms with E-state index in [9.17, 15) is 4.79 Å². The van der Waals surface area contributed by atoms with E-state index in [-0.39, 0.29) is 11.2 Å². The molecule has 0 aliphatic carbocycles. The van der Waals surface area contributed by atoms with Gasteiger partial charge in [0.15, 0.2) is 5.82 Å². The fraction of sp³-hybridized carbons (Fsp3) is 0.160. The summed E-state index contributed by atoms with van der Waals surface area (Å²) in [5.74, 6) is 0.610. The van der Waals surface area contributed by atoms with Crippen LogP contribution in [0, 0.1) is 0 Å². The second kappa shape index (κ2) is 9.62. The number of anilines is 1. The molecule has 0 spiro atoms. The van der Waals surface area contributed by atoms with E-state index in [0.29, 0.717) is 11.0 Å². The van der Waals surface area contributed by atoms with Crippen LogP contribution in [0.1, 0.15) is 19.4 Å². The van der Waals surface area contributed by atoms with Crippen molar-refractivity contribution in [2.24, 2.45) is 0 Å². The van der Waals surface area contributed by atoms with Crippen LogP contribution in [0.5, 0.6) is 0 Å². The van der Waals surface area contributed by atoms with Gasteiger partial charge in [-0.05, 0) is 30.5 Å². The van der Waals surface area contributed by atoms with Gasteiger partial charge in [0.05, 0.1) is 5.25 Å². The molecule has 5 nitrogen and oxygen atoms in total. The third kappa shape index (κ3) is 5.03. The maximum Gasteiger partial charge on any atom is 0.237 e. The molecule has 0 unspecified atom stereocenters. The number of rotatable bonds is 7. The first-order valence-corrected chi connectivity index (χ1v) is 11.2. The quantitative estimate of drug-likeness (QED) is 0.364. The molecule has 6 heteroatoms. The molecule has 1 atom stereocenters. The van der Waals surface area contributed by atoms with Gasteiger partial charge in [-0.1, -0.05) is 91.5 Å². The summed E-state index contributed by atoms with van der Waals surface area (Å²) >= 11 is 1.33. The van der Waals surface area contributed by atoms with E-state index in [0.717, 1.165) is 28.8 Å². The molecular formula is C25H24N4OS. The summed E-state index contributed by atoms with van der Waals surface area (Å²) in [5, 5.41) is 10.5. The second-order valence-corrected chi connectivity index (χ2v) is 8.49. The van der Waals surface area contributed by atoms with E-state index >= 15 is 0 Å². The fourth-order valence-electron chi connectivity index (χ4n) is 3.23. The van der Waals surface area contributed by atoms with E-state index < -0.39 is 0 Å². The number of thioether (sulfide) groups is 1. The van der Waals surface area contributed by atoms with Gasteiger partial charge in [0.2, 0.25) is 11.1 Å². The molecule has 0 aliphatic rings. The molecule has 3 aromatic carbocycles. The standard InChI is InChI=1S/C25H24N4OS/c1-3-18-13-15-20(16-14-18)23-27-25(29-28-23)31-17(2)24(30)26-22-12-8-7-11-21(22)19-9-5-4-6-10-19/h4-17H,3H2,1-2H3,(H,26,30)(H,27,28,29)/t17-/m1/s1. The Hall–Kier alpha value is -3.38. The van der Waals surface area contributed by atoms with Crippen molar-refractivity contribution >= 4 is 23.4 Å². The van der Waals surface area contributed by atoms with Gasteiger partial charge >= 0.3 is 0 Å². The molecule has 0 bridgehead atoms. The van der Waals surface area contributed by atoms with Crippen LogP contribution in [-0.4, -0.2) is 26.3 Å². The predicted molar refractivity (Wildman–Crippen MR) is 127 cm³/mol. The highest BCUT2D eigenvalue weighted by Crippen LogP contribution is 2.29. The lowest BCUT2D eigenvalue weighted by atomic mass is 10.0. The Morgan fingerprint density at radius 1 is 0.968 bits per heavy atom. The maximum atomic E-state index is 12.8. The molecule has 0 aliphatic heterocycles. The molecule has 0 fully saturated rings. The molecule has 0 radical (unpaired) electrons. The van der Waals surface area contributed by atoms with Crippen LogP contribution in [0.2, 0.25) is 0 Å². The van der Waals surface area contributed by atoms with Crippen LogP contribution in [-0.2, 0) is 11.2 Å². The van der Waals surface area contributed by atoms with Gasteiger partial charge in [0.25, 0.3) is 0 Å². The number of aromatic amines is 1. The van der Waals surface area contributed by atoms with Gasteiger partial charge in [-0.2, -0.15) is 0 Å². The minimum atomic E-state index is -0.352. The zero-order chi connectivity index (χ0) is 21.6. The van der Waals surface area contributed by atoms with Crippen LogP contribution in [0.4, 0.5) is 5.69 Å². The Labute approximate surface area is 186 Å². The van der Waals surface area contributed by atoms with Crippen LogP contribution < -0.4 is 5.32 Å². The minimum Gasteiger partial charge on any atom is -0.325 e. The maximum absolute atomic E-state index is 12.8. The average Bonchev–Trinajstić information content (AvgIpc) is 3.28. The van der Waals surface area contributed by atoms with E-state index in [1.165, 1.54) is 17.3 Å². The summed E-state index contributed by atoms with van der Waals surface area (Å²) < 4.78 is 0. The Balaban J connectivity index is 1.44. The van der Waals surface area contributed by atoms with E-state index in [4.69, 9.17) is 0 Å². The molecule has 0 saturated carbocycles. The molecule has 4 aromatic rings. The highest BCUT2D eigenvalue weighted by atomic mass is 32.2. The first-order chi connectivity index (χ1) is 15.1. The third-order valence-corrected chi connectivity index (χ3v) is 5.98. The summed E-state index contributed by atoms with van der Waals surface area (Å²) in [5.41, 5.74) is 5.10. The van der Waals surface area contributed by atoms with Crippen molar-refractivity contribution in [3.63, 3.8) is 0 Å². The number of amides is 1. The largest absolute Gasteiger partial charge is 0.325 e. The molecule has 1 aromatic heterocycles. The van der Waals surface area contributed by atoms with E-state index in [2.05, 4.69) is 39.6 Å². The minimum absolute atomic E-state index is 0.0907. The summed E-state index contributed by atoms with van der Waals surface area (Å²) in [6.07, 6.45) is 0.998. The van der Waals surface area contributed by atoms with E-state index in [1.807, 2.05) is 73.7 Å². The number of benzene rings is 3. The number of hydrogen-bond acceptors (Lipinski definition) is 4. The normalized spacial score (nSPS) is 11.8. The summed E-state index contributed by atoms with van der Waals surface area (Å²) in [6.45, 7) is 3.99. The zero-order valence-corrected chi connectivity index (χ0v) is 18.3. The number of hydrogen-bond donors (Lipinski definition) is 2. The molecule has 31 heavy (non-hydrogen) atoms. The van der Waals surface area contributed by atoms with Gasteiger partial charge in [-0.25, -0.2) is 4.98 Å². The van der Waals surface area contributed by atoms with Crippen molar-refractivity contribution in [3.05, 3.63) is 84.4 Å². The number of carbonyl (C=O) groups excluding carboxylic acids is 1. The van der Waals surface area contributed by atoms with Gasteiger partial charge < -0.3 is 5.32 Å². The summed E-state index contributed by atoms with van der Waals surface area (Å²) in [6, 6.07) is 26.1. The Bertz CT molecular complexity index is 1160. The van der Waals surface area contributed by atoms with Crippen molar-refractivity contribution in [2.75, 3.05) is 5.32 Å². The molecule has 1 amide bonds. The van der Waals surface area contributed by atoms with Gasteiger partial charge in [0, 0.05) is 16.8 Å². The van der Waals surface area contributed by atoms with Crippen molar-refractivity contribution in [1.82, 2.24) is 15.2 Å². The fourth-order valence-corrected chi connectivity index (χ4v) is 3.96. The van der Waals surface area contributed by atoms with Crippen LogP contribution >= 0.6 is 11.8 Å². The van der Waals surface area contributed by atoms with Crippen LogP contribution in [0.25, 0.3) is 22.5 Å². The highest BCUT2D eigenvalue weighted by molar-refractivity contribution is 8.00. The number of para-hydroxylation sites is 1.